The first-order valence-corrected chi connectivity index (χ1v) is 6.25. The molecule has 0 aliphatic carbocycles. The third-order valence-electron chi connectivity index (χ3n) is 3.35. The number of carbonyl (C=O) groups is 2. The SMILES string of the molecule is CN1CCCN(c2ccc(C=O)cc2[N+](=O)[O-])CC1=O. The minimum atomic E-state index is -0.526. The molecule has 0 bridgehead atoms. The van der Waals surface area contributed by atoms with Gasteiger partial charge in [-0.05, 0) is 18.6 Å². The van der Waals surface area contributed by atoms with Crippen LogP contribution in [0.15, 0.2) is 18.2 Å². The van der Waals surface area contributed by atoms with Gasteiger partial charge in [-0.15, -0.1) is 0 Å². The number of benzene rings is 1. The fourth-order valence-corrected chi connectivity index (χ4v) is 2.22. The van der Waals surface area contributed by atoms with E-state index in [2.05, 4.69) is 0 Å². The van der Waals surface area contributed by atoms with E-state index in [1.165, 1.54) is 18.2 Å². The molecule has 1 aromatic rings. The Kier molecular flexibility index (Phi) is 3.97. The van der Waals surface area contributed by atoms with E-state index >= 15 is 0 Å². The molecule has 1 saturated heterocycles. The summed E-state index contributed by atoms with van der Waals surface area (Å²) in [5.41, 5.74) is 0.481. The molecule has 1 aromatic carbocycles. The lowest BCUT2D eigenvalue weighted by atomic mass is 10.1. The van der Waals surface area contributed by atoms with E-state index < -0.39 is 4.92 Å². The molecule has 1 fully saturated rings. The van der Waals surface area contributed by atoms with Crippen LogP contribution in [0.3, 0.4) is 0 Å². The largest absolute Gasteiger partial charge is 0.357 e. The van der Waals surface area contributed by atoms with Gasteiger partial charge in [0, 0.05) is 31.8 Å². The number of amides is 1. The van der Waals surface area contributed by atoms with Crippen molar-refractivity contribution in [1.82, 2.24) is 4.90 Å². The van der Waals surface area contributed by atoms with Gasteiger partial charge >= 0.3 is 0 Å². The summed E-state index contributed by atoms with van der Waals surface area (Å²) >= 11 is 0. The van der Waals surface area contributed by atoms with Gasteiger partial charge in [0.15, 0.2) is 0 Å². The summed E-state index contributed by atoms with van der Waals surface area (Å²) in [6, 6.07) is 4.29. The molecule has 0 atom stereocenters. The van der Waals surface area contributed by atoms with Crippen LogP contribution < -0.4 is 4.90 Å². The number of rotatable bonds is 3. The molecule has 0 spiro atoms. The van der Waals surface area contributed by atoms with Crippen molar-refractivity contribution in [2.24, 2.45) is 0 Å². The van der Waals surface area contributed by atoms with Crippen molar-refractivity contribution in [3.05, 3.63) is 33.9 Å². The van der Waals surface area contributed by atoms with Gasteiger partial charge in [0.05, 0.1) is 11.5 Å². The lowest BCUT2D eigenvalue weighted by molar-refractivity contribution is -0.384. The lowest BCUT2D eigenvalue weighted by Gasteiger charge is -2.21. The summed E-state index contributed by atoms with van der Waals surface area (Å²) in [7, 11) is 1.72. The van der Waals surface area contributed by atoms with E-state index in [0.29, 0.717) is 25.1 Å². The molecule has 0 radical (unpaired) electrons. The zero-order valence-electron chi connectivity index (χ0n) is 11.1. The van der Waals surface area contributed by atoms with Crippen LogP contribution >= 0.6 is 0 Å². The first-order chi connectivity index (χ1) is 9.52. The fraction of sp³-hybridized carbons (Fsp3) is 0.385. The Bertz CT molecular complexity index is 559. The van der Waals surface area contributed by atoms with Crippen LogP contribution in [0.1, 0.15) is 16.8 Å². The normalized spacial score (nSPS) is 15.9. The highest BCUT2D eigenvalue weighted by atomic mass is 16.6. The Hall–Kier alpha value is -2.44. The Labute approximate surface area is 115 Å². The molecule has 0 N–H and O–H groups in total. The van der Waals surface area contributed by atoms with E-state index in [4.69, 9.17) is 0 Å². The van der Waals surface area contributed by atoms with Gasteiger partial charge in [0.1, 0.15) is 12.0 Å². The van der Waals surface area contributed by atoms with Gasteiger partial charge in [-0.2, -0.15) is 0 Å². The standard InChI is InChI=1S/C13H15N3O4/c1-14-5-2-6-15(8-13(14)18)11-4-3-10(9-17)7-12(11)16(19)20/h3-4,7,9H,2,5-6,8H2,1H3. The maximum Gasteiger partial charge on any atom is 0.293 e. The molecule has 20 heavy (non-hydrogen) atoms. The Morgan fingerprint density at radius 2 is 2.10 bits per heavy atom. The molecule has 1 amide bonds. The summed E-state index contributed by atoms with van der Waals surface area (Å²) in [6.07, 6.45) is 1.31. The smallest absolute Gasteiger partial charge is 0.293 e. The Balaban J connectivity index is 2.38. The van der Waals surface area contributed by atoms with E-state index in [1.807, 2.05) is 0 Å². The van der Waals surface area contributed by atoms with Gasteiger partial charge in [0.2, 0.25) is 5.91 Å². The van der Waals surface area contributed by atoms with Crippen molar-refractivity contribution in [3.8, 4) is 0 Å². The van der Waals surface area contributed by atoms with Crippen molar-refractivity contribution >= 4 is 23.6 Å². The number of nitro benzene ring substituents is 1. The quantitative estimate of drug-likeness (QED) is 0.469. The molecule has 0 unspecified atom stereocenters. The van der Waals surface area contributed by atoms with E-state index in [9.17, 15) is 19.7 Å². The third-order valence-corrected chi connectivity index (χ3v) is 3.35. The molecule has 1 aliphatic heterocycles. The fourth-order valence-electron chi connectivity index (χ4n) is 2.22. The molecule has 0 saturated carbocycles. The summed E-state index contributed by atoms with van der Waals surface area (Å²) in [5.74, 6) is -0.0729. The van der Waals surface area contributed by atoms with Crippen LogP contribution in [0.4, 0.5) is 11.4 Å². The Morgan fingerprint density at radius 3 is 2.75 bits per heavy atom. The second-order valence-electron chi connectivity index (χ2n) is 4.71. The monoisotopic (exact) mass is 277 g/mol. The van der Waals surface area contributed by atoms with E-state index in [0.717, 1.165) is 6.42 Å². The molecule has 106 valence electrons. The first-order valence-electron chi connectivity index (χ1n) is 6.25. The highest BCUT2D eigenvalue weighted by molar-refractivity contribution is 5.84. The number of nitrogens with zero attached hydrogens (tertiary/aromatic N) is 3. The van der Waals surface area contributed by atoms with Crippen molar-refractivity contribution < 1.29 is 14.5 Å². The molecule has 7 nitrogen and oxygen atoms in total. The average Bonchev–Trinajstić information content (AvgIpc) is 2.60. The molecular formula is C13H15N3O4. The number of nitro groups is 1. The average molecular weight is 277 g/mol. The molecule has 0 aromatic heterocycles. The van der Waals surface area contributed by atoms with Crippen molar-refractivity contribution in [2.45, 2.75) is 6.42 Å². The molecule has 7 heteroatoms. The van der Waals surface area contributed by atoms with Gasteiger partial charge in [-0.25, -0.2) is 0 Å². The van der Waals surface area contributed by atoms with E-state index in [-0.39, 0.29) is 23.7 Å². The number of anilines is 1. The minimum Gasteiger partial charge on any atom is -0.357 e. The number of hydrogen-bond donors (Lipinski definition) is 0. The number of hydrogen-bond acceptors (Lipinski definition) is 5. The number of aldehydes is 1. The van der Waals surface area contributed by atoms with Crippen molar-refractivity contribution in [1.29, 1.82) is 0 Å². The van der Waals surface area contributed by atoms with Gasteiger partial charge in [0.25, 0.3) is 5.69 Å². The first kappa shape index (κ1) is 14.0. The zero-order valence-corrected chi connectivity index (χ0v) is 11.1. The maximum atomic E-state index is 11.9. The van der Waals surface area contributed by atoms with E-state index in [1.54, 1.807) is 16.8 Å². The summed E-state index contributed by atoms with van der Waals surface area (Å²) < 4.78 is 0. The summed E-state index contributed by atoms with van der Waals surface area (Å²) in [4.78, 5) is 36.5. The van der Waals surface area contributed by atoms with Crippen LogP contribution in [0.2, 0.25) is 0 Å². The van der Waals surface area contributed by atoms with Crippen LogP contribution in [0.25, 0.3) is 0 Å². The van der Waals surface area contributed by atoms with Crippen molar-refractivity contribution in [2.75, 3.05) is 31.6 Å². The third kappa shape index (κ3) is 2.76. The maximum absolute atomic E-state index is 11.9. The summed E-state index contributed by atoms with van der Waals surface area (Å²) in [5, 5.41) is 11.1. The lowest BCUT2D eigenvalue weighted by Crippen LogP contribution is -2.34. The molecule has 1 heterocycles. The highest BCUT2D eigenvalue weighted by Crippen LogP contribution is 2.29. The predicted molar refractivity (Wildman–Crippen MR) is 73.0 cm³/mol. The summed E-state index contributed by atoms with van der Waals surface area (Å²) in [6.45, 7) is 1.31. The molecular weight excluding hydrogens is 262 g/mol. The molecule has 1 aliphatic rings. The zero-order chi connectivity index (χ0) is 14.7. The van der Waals surface area contributed by atoms with Crippen LogP contribution in [-0.4, -0.2) is 48.7 Å². The molecule has 2 rings (SSSR count). The highest BCUT2D eigenvalue weighted by Gasteiger charge is 2.25. The number of carbonyl (C=O) groups excluding carboxylic acids is 2. The predicted octanol–water partition coefficient (Wildman–Crippen LogP) is 1.08. The van der Waals surface area contributed by atoms with Crippen LogP contribution in [0.5, 0.6) is 0 Å². The topological polar surface area (TPSA) is 83.8 Å². The second kappa shape index (κ2) is 5.68. The number of likely N-dealkylation sites (N-methyl/N-ethyl adjacent to an activating group) is 1. The van der Waals surface area contributed by atoms with Gasteiger partial charge < -0.3 is 9.80 Å². The Morgan fingerprint density at radius 1 is 1.35 bits per heavy atom. The van der Waals surface area contributed by atoms with Gasteiger partial charge in [-0.3, -0.25) is 19.7 Å². The van der Waals surface area contributed by atoms with Gasteiger partial charge in [-0.1, -0.05) is 0 Å². The second-order valence-corrected chi connectivity index (χ2v) is 4.71. The van der Waals surface area contributed by atoms with Crippen molar-refractivity contribution in [3.63, 3.8) is 0 Å². The minimum absolute atomic E-state index is 0.0729. The van der Waals surface area contributed by atoms with Crippen LogP contribution in [0, 0.1) is 10.1 Å². The van der Waals surface area contributed by atoms with Crippen LogP contribution in [-0.2, 0) is 4.79 Å².